The normalized spacial score (nSPS) is 10.6. The Balaban J connectivity index is 2.14. The van der Waals surface area contributed by atoms with E-state index in [0.29, 0.717) is 5.56 Å². The Labute approximate surface area is 131 Å². The Kier molecular flexibility index (Phi) is 5.32. The largest absolute Gasteiger partial charge is 0.546 e. The van der Waals surface area contributed by atoms with Crippen LogP contribution >= 0.6 is 11.3 Å². The van der Waals surface area contributed by atoms with Gasteiger partial charge in [0.05, 0.1) is 13.1 Å². The number of benzene rings is 1. The number of ketones is 1. The molecule has 1 aromatic heterocycles. The van der Waals surface area contributed by atoms with Gasteiger partial charge >= 0.3 is 0 Å². The zero-order valence-electron chi connectivity index (χ0n) is 11.8. The fourth-order valence-electron chi connectivity index (χ4n) is 1.72. The molecule has 0 bridgehead atoms. The zero-order chi connectivity index (χ0) is 15.9. The van der Waals surface area contributed by atoms with Gasteiger partial charge in [0.1, 0.15) is 6.61 Å². The van der Waals surface area contributed by atoms with Crippen molar-refractivity contribution in [2.75, 3.05) is 13.7 Å². The summed E-state index contributed by atoms with van der Waals surface area (Å²) >= 11 is 1.53. The smallest absolute Gasteiger partial charge is 0.186 e. The summed E-state index contributed by atoms with van der Waals surface area (Å²) in [4.78, 5) is 23.5. The molecule has 2 rings (SSSR count). The third-order valence-electron chi connectivity index (χ3n) is 2.74. The maximum absolute atomic E-state index is 12.1. The summed E-state index contributed by atoms with van der Waals surface area (Å²) in [6.45, 7) is -0.581. The van der Waals surface area contributed by atoms with Gasteiger partial charge in [0.25, 0.3) is 0 Å². The Morgan fingerprint density at radius 3 is 2.73 bits per heavy atom. The molecular weight excluding hydrogens is 304 g/mol. The fourth-order valence-corrected chi connectivity index (χ4v) is 2.33. The molecule has 0 atom stereocenters. The van der Waals surface area contributed by atoms with Crippen molar-refractivity contribution in [2.45, 2.75) is 0 Å². The highest BCUT2D eigenvalue weighted by Gasteiger charge is 2.09. The first-order valence-electron chi connectivity index (χ1n) is 6.36. The molecular formula is C16H13O5S-. The van der Waals surface area contributed by atoms with Gasteiger partial charge in [0.15, 0.2) is 17.3 Å². The van der Waals surface area contributed by atoms with Crippen LogP contribution in [0, 0.1) is 0 Å². The molecule has 1 heterocycles. The summed E-state index contributed by atoms with van der Waals surface area (Å²) < 4.78 is 10.1. The number of ether oxygens (including phenoxy) is 2. The van der Waals surface area contributed by atoms with Gasteiger partial charge in [0.2, 0.25) is 0 Å². The van der Waals surface area contributed by atoms with Gasteiger partial charge in [0, 0.05) is 10.4 Å². The van der Waals surface area contributed by atoms with Crippen LogP contribution in [0.5, 0.6) is 11.5 Å². The Morgan fingerprint density at radius 1 is 1.27 bits per heavy atom. The second-order valence-electron chi connectivity index (χ2n) is 4.24. The lowest BCUT2D eigenvalue weighted by Gasteiger charge is -2.11. The summed E-state index contributed by atoms with van der Waals surface area (Å²) in [5.74, 6) is -0.985. The number of carbonyl (C=O) groups is 2. The van der Waals surface area contributed by atoms with E-state index in [1.807, 2.05) is 17.5 Å². The minimum absolute atomic E-state index is 0.182. The molecule has 0 aliphatic heterocycles. The molecule has 0 saturated carbocycles. The van der Waals surface area contributed by atoms with Crippen LogP contribution in [0.1, 0.15) is 15.2 Å². The van der Waals surface area contributed by atoms with Crippen molar-refractivity contribution in [3.8, 4) is 11.5 Å². The number of thiophene rings is 1. The first-order chi connectivity index (χ1) is 10.6. The number of methoxy groups -OCH3 is 1. The van der Waals surface area contributed by atoms with Crippen LogP contribution in [0.15, 0.2) is 41.8 Å². The molecule has 0 unspecified atom stereocenters. The highest BCUT2D eigenvalue weighted by Crippen LogP contribution is 2.28. The van der Waals surface area contributed by atoms with E-state index in [9.17, 15) is 14.7 Å². The predicted molar refractivity (Wildman–Crippen MR) is 81.2 cm³/mol. The summed E-state index contributed by atoms with van der Waals surface area (Å²) in [5, 5.41) is 12.3. The molecule has 1 aromatic carbocycles. The highest BCUT2D eigenvalue weighted by atomic mass is 32.1. The monoisotopic (exact) mass is 317 g/mol. The third-order valence-corrected chi connectivity index (χ3v) is 3.57. The minimum Gasteiger partial charge on any atom is -0.546 e. The van der Waals surface area contributed by atoms with Gasteiger partial charge in [-0.05, 0) is 41.8 Å². The van der Waals surface area contributed by atoms with Crippen molar-refractivity contribution in [3.63, 3.8) is 0 Å². The van der Waals surface area contributed by atoms with Gasteiger partial charge in [-0.25, -0.2) is 0 Å². The van der Waals surface area contributed by atoms with Gasteiger partial charge in [-0.15, -0.1) is 11.3 Å². The van der Waals surface area contributed by atoms with E-state index in [0.717, 1.165) is 4.88 Å². The highest BCUT2D eigenvalue weighted by molar-refractivity contribution is 7.10. The average Bonchev–Trinajstić information content (AvgIpc) is 3.03. The maximum Gasteiger partial charge on any atom is 0.186 e. The van der Waals surface area contributed by atoms with E-state index in [2.05, 4.69) is 0 Å². The average molecular weight is 317 g/mol. The lowest BCUT2D eigenvalue weighted by Crippen LogP contribution is -2.29. The van der Waals surface area contributed by atoms with Crippen LogP contribution in [0.25, 0.3) is 6.08 Å². The molecule has 0 amide bonds. The minimum atomic E-state index is -1.33. The number of carboxylic acids is 1. The molecule has 0 N–H and O–H groups in total. The van der Waals surface area contributed by atoms with Crippen molar-refractivity contribution in [3.05, 3.63) is 52.2 Å². The van der Waals surface area contributed by atoms with Crippen LogP contribution in [0.4, 0.5) is 0 Å². The SMILES string of the molecule is COc1cc(C(=O)/C=C/c2cccs2)ccc1OCC(=O)[O-]. The molecule has 0 aliphatic carbocycles. The number of hydrogen-bond donors (Lipinski definition) is 0. The summed E-state index contributed by atoms with van der Waals surface area (Å²) in [5.41, 5.74) is 0.422. The molecule has 0 radical (unpaired) electrons. The summed E-state index contributed by atoms with van der Waals surface area (Å²) in [6.07, 6.45) is 3.21. The molecule has 0 spiro atoms. The molecule has 22 heavy (non-hydrogen) atoms. The van der Waals surface area contributed by atoms with Crippen LogP contribution in [0.2, 0.25) is 0 Å². The lowest BCUT2D eigenvalue weighted by molar-refractivity contribution is -0.307. The number of aliphatic carboxylic acids is 1. The van der Waals surface area contributed by atoms with Crippen molar-refractivity contribution < 1.29 is 24.2 Å². The van der Waals surface area contributed by atoms with Gasteiger partial charge in [-0.1, -0.05) is 6.07 Å². The first-order valence-corrected chi connectivity index (χ1v) is 7.24. The van der Waals surface area contributed by atoms with Crippen molar-refractivity contribution in [1.29, 1.82) is 0 Å². The molecule has 2 aromatic rings. The molecule has 6 heteroatoms. The fraction of sp³-hybridized carbons (Fsp3) is 0.125. The Bertz CT molecular complexity index is 689. The van der Waals surface area contributed by atoms with Crippen LogP contribution < -0.4 is 14.6 Å². The van der Waals surface area contributed by atoms with Gasteiger partial charge < -0.3 is 19.4 Å². The molecule has 0 fully saturated rings. The number of rotatable bonds is 7. The zero-order valence-corrected chi connectivity index (χ0v) is 12.6. The summed E-state index contributed by atoms with van der Waals surface area (Å²) in [6, 6.07) is 8.36. The third kappa shape index (κ3) is 4.20. The van der Waals surface area contributed by atoms with E-state index in [4.69, 9.17) is 9.47 Å². The van der Waals surface area contributed by atoms with Gasteiger partial charge in [-0.2, -0.15) is 0 Å². The topological polar surface area (TPSA) is 75.7 Å². The predicted octanol–water partition coefficient (Wildman–Crippen LogP) is 1.78. The standard InChI is InChI=1S/C16H14O5S/c1-20-15-9-11(4-7-14(15)21-10-16(18)19)13(17)6-5-12-3-2-8-22-12/h2-9H,10H2,1H3,(H,18,19)/p-1/b6-5+. The molecule has 114 valence electrons. The number of carboxylic acid groups (broad SMARTS) is 1. The number of hydrogen-bond acceptors (Lipinski definition) is 6. The second-order valence-corrected chi connectivity index (χ2v) is 5.22. The van der Waals surface area contributed by atoms with Crippen molar-refractivity contribution >= 4 is 29.2 Å². The van der Waals surface area contributed by atoms with Crippen molar-refractivity contribution in [2.24, 2.45) is 0 Å². The lowest BCUT2D eigenvalue weighted by atomic mass is 10.1. The second kappa shape index (κ2) is 7.42. The van der Waals surface area contributed by atoms with E-state index < -0.39 is 12.6 Å². The van der Waals surface area contributed by atoms with Crippen LogP contribution in [-0.4, -0.2) is 25.5 Å². The quantitative estimate of drug-likeness (QED) is 0.575. The first kappa shape index (κ1) is 15.8. The van der Waals surface area contributed by atoms with Crippen LogP contribution in [0.3, 0.4) is 0 Å². The summed E-state index contributed by atoms with van der Waals surface area (Å²) in [7, 11) is 1.41. The number of allylic oxidation sites excluding steroid dienone is 1. The van der Waals surface area contributed by atoms with E-state index in [1.54, 1.807) is 12.1 Å². The molecule has 0 aliphatic rings. The molecule has 5 nitrogen and oxygen atoms in total. The van der Waals surface area contributed by atoms with E-state index >= 15 is 0 Å². The van der Waals surface area contributed by atoms with E-state index in [-0.39, 0.29) is 17.3 Å². The van der Waals surface area contributed by atoms with Crippen LogP contribution in [-0.2, 0) is 4.79 Å². The van der Waals surface area contributed by atoms with E-state index in [1.165, 1.54) is 36.7 Å². The van der Waals surface area contributed by atoms with Gasteiger partial charge in [-0.3, -0.25) is 4.79 Å². The van der Waals surface area contributed by atoms with Crippen molar-refractivity contribution in [1.82, 2.24) is 0 Å². The Morgan fingerprint density at radius 2 is 2.09 bits per heavy atom. The maximum atomic E-state index is 12.1. The molecule has 0 saturated heterocycles. The number of carbonyl (C=O) groups excluding carboxylic acids is 2. The Hall–Kier alpha value is -2.60.